The molecule has 0 N–H and O–H groups in total. The number of ketones is 1. The molecule has 1 aromatic heterocycles. The third kappa shape index (κ3) is 1.78. The number of ether oxygens (including phenoxy) is 1. The third-order valence-electron chi connectivity index (χ3n) is 2.17. The summed E-state index contributed by atoms with van der Waals surface area (Å²) in [5.41, 5.74) is 0.609. The highest BCUT2D eigenvalue weighted by molar-refractivity contribution is 7.09. The van der Waals surface area contributed by atoms with E-state index in [9.17, 15) is 4.79 Å². The largest absolute Gasteiger partial charge is 0.381 e. The number of aromatic nitrogens is 1. The van der Waals surface area contributed by atoms with Gasteiger partial charge in [0.1, 0.15) is 5.69 Å². The van der Waals surface area contributed by atoms with Crippen LogP contribution in [0, 0.1) is 12.8 Å². The second kappa shape index (κ2) is 3.55. The molecule has 3 nitrogen and oxygen atoms in total. The second-order valence-electron chi connectivity index (χ2n) is 3.18. The minimum absolute atomic E-state index is 0.0431. The van der Waals surface area contributed by atoms with Crippen LogP contribution >= 0.6 is 11.3 Å². The summed E-state index contributed by atoms with van der Waals surface area (Å²) in [4.78, 5) is 15.9. The normalized spacial score (nSPS) is 22.1. The summed E-state index contributed by atoms with van der Waals surface area (Å²) in [6.45, 7) is 3.18. The quantitative estimate of drug-likeness (QED) is 0.677. The van der Waals surface area contributed by atoms with E-state index in [4.69, 9.17) is 4.74 Å². The Morgan fingerprint density at radius 3 is 3.15 bits per heavy atom. The molecule has 1 fully saturated rings. The fraction of sp³-hybridized carbons (Fsp3) is 0.556. The van der Waals surface area contributed by atoms with E-state index in [0.29, 0.717) is 18.9 Å². The van der Waals surface area contributed by atoms with Gasteiger partial charge in [0.2, 0.25) is 0 Å². The van der Waals surface area contributed by atoms with E-state index in [1.165, 1.54) is 11.3 Å². The Morgan fingerprint density at radius 2 is 2.62 bits per heavy atom. The Balaban J connectivity index is 2.12. The van der Waals surface area contributed by atoms with E-state index in [-0.39, 0.29) is 11.7 Å². The van der Waals surface area contributed by atoms with Crippen molar-refractivity contribution in [2.45, 2.75) is 13.3 Å². The van der Waals surface area contributed by atoms with Crippen LogP contribution < -0.4 is 0 Å². The molecule has 70 valence electrons. The zero-order chi connectivity index (χ0) is 9.26. The molecule has 1 aliphatic heterocycles. The number of carbonyl (C=O) groups excluding carboxylic acids is 1. The smallest absolute Gasteiger partial charge is 0.187 e. The number of Topliss-reactive ketones (excluding diaryl/α,β-unsaturated/α-hetero) is 1. The minimum atomic E-state index is 0.0431. The molecule has 2 rings (SSSR count). The third-order valence-corrected chi connectivity index (χ3v) is 2.95. The summed E-state index contributed by atoms with van der Waals surface area (Å²) in [6.07, 6.45) is 0.843. The standard InChI is InChI=1S/C9H11NO2S/c1-6-10-8(5-13-6)9(11)7-2-3-12-4-7/h5,7H,2-4H2,1H3. The molecule has 0 aromatic carbocycles. The minimum Gasteiger partial charge on any atom is -0.381 e. The van der Waals surface area contributed by atoms with Crippen molar-refractivity contribution in [3.8, 4) is 0 Å². The molecule has 0 saturated carbocycles. The van der Waals surface area contributed by atoms with Gasteiger partial charge in [0.05, 0.1) is 11.6 Å². The summed E-state index contributed by atoms with van der Waals surface area (Å²) in [5, 5.41) is 2.78. The van der Waals surface area contributed by atoms with Gasteiger partial charge < -0.3 is 4.74 Å². The topological polar surface area (TPSA) is 39.2 Å². The first-order valence-corrected chi connectivity index (χ1v) is 5.19. The lowest BCUT2D eigenvalue weighted by Gasteiger charge is -2.01. The second-order valence-corrected chi connectivity index (χ2v) is 4.24. The number of rotatable bonds is 2. The summed E-state index contributed by atoms with van der Waals surface area (Å²) in [6, 6.07) is 0. The van der Waals surface area contributed by atoms with E-state index in [2.05, 4.69) is 4.98 Å². The number of hydrogen-bond acceptors (Lipinski definition) is 4. The molecule has 1 unspecified atom stereocenters. The molecule has 0 spiro atoms. The summed E-state index contributed by atoms with van der Waals surface area (Å²) < 4.78 is 5.16. The molecule has 1 atom stereocenters. The van der Waals surface area contributed by atoms with Crippen molar-refractivity contribution in [3.05, 3.63) is 16.1 Å². The number of thiazole rings is 1. The Bertz CT molecular complexity index is 315. The predicted molar refractivity (Wildman–Crippen MR) is 50.1 cm³/mol. The maximum Gasteiger partial charge on any atom is 0.187 e. The van der Waals surface area contributed by atoms with Gasteiger partial charge in [-0.2, -0.15) is 0 Å². The lowest BCUT2D eigenvalue weighted by molar-refractivity contribution is 0.0896. The van der Waals surface area contributed by atoms with Crippen molar-refractivity contribution in [1.29, 1.82) is 0 Å². The van der Waals surface area contributed by atoms with Crippen LogP contribution in [0.5, 0.6) is 0 Å². The zero-order valence-electron chi connectivity index (χ0n) is 7.45. The van der Waals surface area contributed by atoms with Crippen molar-refractivity contribution in [2.24, 2.45) is 5.92 Å². The van der Waals surface area contributed by atoms with Gasteiger partial charge >= 0.3 is 0 Å². The first-order valence-electron chi connectivity index (χ1n) is 4.31. The van der Waals surface area contributed by atoms with Gasteiger partial charge in [-0.15, -0.1) is 11.3 Å². The molecule has 1 aromatic rings. The molecule has 0 aliphatic carbocycles. The highest BCUT2D eigenvalue weighted by Gasteiger charge is 2.25. The van der Waals surface area contributed by atoms with E-state index in [0.717, 1.165) is 11.4 Å². The lowest BCUT2D eigenvalue weighted by atomic mass is 10.0. The van der Waals surface area contributed by atoms with Gasteiger partial charge in [0.15, 0.2) is 5.78 Å². The van der Waals surface area contributed by atoms with Gasteiger partial charge in [0, 0.05) is 17.9 Å². The van der Waals surface area contributed by atoms with E-state index in [1.54, 1.807) is 0 Å². The fourth-order valence-electron chi connectivity index (χ4n) is 1.43. The first-order chi connectivity index (χ1) is 6.27. The lowest BCUT2D eigenvalue weighted by Crippen LogP contribution is -2.14. The van der Waals surface area contributed by atoms with Crippen LogP contribution in [0.15, 0.2) is 5.38 Å². The Kier molecular flexibility index (Phi) is 2.42. The number of nitrogens with zero attached hydrogens (tertiary/aromatic N) is 1. The maximum absolute atomic E-state index is 11.7. The zero-order valence-corrected chi connectivity index (χ0v) is 8.26. The molecule has 2 heterocycles. The van der Waals surface area contributed by atoms with Crippen LogP contribution in [0.4, 0.5) is 0 Å². The SMILES string of the molecule is Cc1nc(C(=O)C2CCOC2)cs1. The first kappa shape index (κ1) is 8.84. The van der Waals surface area contributed by atoms with Gasteiger partial charge in [-0.25, -0.2) is 4.98 Å². The number of aryl methyl sites for hydroxylation is 1. The highest BCUT2D eigenvalue weighted by atomic mass is 32.1. The van der Waals surface area contributed by atoms with Crippen LogP contribution in [0.3, 0.4) is 0 Å². The Labute approximate surface area is 80.8 Å². The van der Waals surface area contributed by atoms with Gasteiger partial charge in [-0.05, 0) is 13.3 Å². The monoisotopic (exact) mass is 197 g/mol. The molecule has 4 heteroatoms. The molecule has 0 amide bonds. The molecule has 0 bridgehead atoms. The van der Waals surface area contributed by atoms with Crippen LogP contribution in [0.25, 0.3) is 0 Å². The Hall–Kier alpha value is -0.740. The molecule has 1 aliphatic rings. The number of hydrogen-bond donors (Lipinski definition) is 0. The highest BCUT2D eigenvalue weighted by Crippen LogP contribution is 2.19. The van der Waals surface area contributed by atoms with Gasteiger partial charge in [0.25, 0.3) is 0 Å². The van der Waals surface area contributed by atoms with E-state index in [1.807, 2.05) is 12.3 Å². The molecule has 0 radical (unpaired) electrons. The van der Waals surface area contributed by atoms with E-state index < -0.39 is 0 Å². The van der Waals surface area contributed by atoms with Crippen LogP contribution in [0.2, 0.25) is 0 Å². The molecule has 13 heavy (non-hydrogen) atoms. The summed E-state index contributed by atoms with van der Waals surface area (Å²) in [7, 11) is 0. The van der Waals surface area contributed by atoms with Crippen LogP contribution in [-0.2, 0) is 4.74 Å². The van der Waals surface area contributed by atoms with Gasteiger partial charge in [-0.3, -0.25) is 4.79 Å². The van der Waals surface area contributed by atoms with E-state index >= 15 is 0 Å². The molecular weight excluding hydrogens is 186 g/mol. The Morgan fingerprint density at radius 1 is 1.77 bits per heavy atom. The van der Waals surface area contributed by atoms with Gasteiger partial charge in [-0.1, -0.05) is 0 Å². The predicted octanol–water partition coefficient (Wildman–Crippen LogP) is 1.67. The van der Waals surface area contributed by atoms with Crippen molar-refractivity contribution in [1.82, 2.24) is 4.98 Å². The molecular formula is C9H11NO2S. The molecule has 1 saturated heterocycles. The van der Waals surface area contributed by atoms with Crippen molar-refractivity contribution in [3.63, 3.8) is 0 Å². The fourth-order valence-corrected chi connectivity index (χ4v) is 2.03. The average molecular weight is 197 g/mol. The van der Waals surface area contributed by atoms with Crippen molar-refractivity contribution < 1.29 is 9.53 Å². The van der Waals surface area contributed by atoms with Crippen LogP contribution in [-0.4, -0.2) is 24.0 Å². The summed E-state index contributed by atoms with van der Waals surface area (Å²) >= 11 is 1.52. The average Bonchev–Trinajstić information content (AvgIpc) is 2.72. The summed E-state index contributed by atoms with van der Waals surface area (Å²) in [5.74, 6) is 0.184. The van der Waals surface area contributed by atoms with Crippen molar-refractivity contribution in [2.75, 3.05) is 13.2 Å². The van der Waals surface area contributed by atoms with Crippen molar-refractivity contribution >= 4 is 17.1 Å². The maximum atomic E-state index is 11.7. The van der Waals surface area contributed by atoms with Crippen LogP contribution in [0.1, 0.15) is 21.9 Å². The number of carbonyl (C=O) groups is 1.